The molecule has 0 saturated carbocycles. The predicted molar refractivity (Wildman–Crippen MR) is 93.2 cm³/mol. The molecular formula is C17H19N5O4. The zero-order valence-electron chi connectivity index (χ0n) is 14.4. The van der Waals surface area contributed by atoms with Crippen LogP contribution in [0.3, 0.4) is 0 Å². The van der Waals surface area contributed by atoms with E-state index in [0.717, 1.165) is 5.39 Å². The molecule has 26 heavy (non-hydrogen) atoms. The molecule has 0 radical (unpaired) electrons. The van der Waals surface area contributed by atoms with Gasteiger partial charge in [-0.25, -0.2) is 14.8 Å². The highest BCUT2D eigenvalue weighted by molar-refractivity contribution is 6.02. The molecule has 2 fully saturated rings. The van der Waals surface area contributed by atoms with Gasteiger partial charge in [-0.3, -0.25) is 4.79 Å². The Labute approximate surface area is 149 Å². The number of hydrogen-bond acceptors (Lipinski definition) is 7. The van der Waals surface area contributed by atoms with Crippen molar-refractivity contribution in [3.63, 3.8) is 0 Å². The Bertz CT molecular complexity index is 884. The van der Waals surface area contributed by atoms with Crippen LogP contribution in [0.15, 0.2) is 18.5 Å². The summed E-state index contributed by atoms with van der Waals surface area (Å²) in [6.45, 7) is 4.87. The molecule has 1 aromatic carbocycles. The van der Waals surface area contributed by atoms with Crippen LogP contribution in [0.5, 0.6) is 5.75 Å². The maximum Gasteiger partial charge on any atom is 0.407 e. The highest BCUT2D eigenvalue weighted by atomic mass is 16.6. The summed E-state index contributed by atoms with van der Waals surface area (Å²) in [6.07, 6.45) is 0.738. The lowest BCUT2D eigenvalue weighted by molar-refractivity contribution is 0.0994. The Kier molecular flexibility index (Phi) is 3.78. The lowest BCUT2D eigenvalue weighted by Gasteiger charge is -2.20. The first-order chi connectivity index (χ1) is 12.4. The van der Waals surface area contributed by atoms with Crippen molar-refractivity contribution >= 4 is 28.7 Å². The molecule has 0 spiro atoms. The quantitative estimate of drug-likeness (QED) is 0.831. The molecule has 2 aromatic rings. The third-order valence-corrected chi connectivity index (χ3v) is 4.47. The summed E-state index contributed by atoms with van der Waals surface area (Å²) in [7, 11) is 0. The van der Waals surface area contributed by atoms with Crippen LogP contribution in [0.25, 0.3) is 10.9 Å². The Balaban J connectivity index is 1.76. The molecule has 0 unspecified atom stereocenters. The minimum Gasteiger partial charge on any atom is -0.490 e. The highest BCUT2D eigenvalue weighted by Crippen LogP contribution is 2.33. The maximum absolute atomic E-state index is 11.8. The molecule has 9 heteroatoms. The number of nitrogens with one attached hydrogen (secondary N) is 1. The number of aromatic nitrogens is 2. The zero-order chi connectivity index (χ0) is 18.4. The number of anilines is 1. The molecule has 2 aliphatic heterocycles. The molecule has 9 nitrogen and oxygen atoms in total. The number of fused-ring (bicyclic) bond motifs is 2. The van der Waals surface area contributed by atoms with Gasteiger partial charge in [-0.05, 0) is 26.0 Å². The Morgan fingerprint density at radius 3 is 2.88 bits per heavy atom. The van der Waals surface area contributed by atoms with Crippen LogP contribution in [0.4, 0.5) is 10.6 Å². The van der Waals surface area contributed by atoms with Crippen molar-refractivity contribution in [2.45, 2.75) is 32.1 Å². The van der Waals surface area contributed by atoms with Gasteiger partial charge in [0.25, 0.3) is 5.91 Å². The topological polar surface area (TPSA) is 120 Å². The van der Waals surface area contributed by atoms with Crippen LogP contribution in [-0.2, 0) is 4.74 Å². The van der Waals surface area contributed by atoms with E-state index in [0.29, 0.717) is 30.2 Å². The predicted octanol–water partition coefficient (Wildman–Crippen LogP) is 0.813. The van der Waals surface area contributed by atoms with Crippen molar-refractivity contribution in [1.29, 1.82) is 0 Å². The summed E-state index contributed by atoms with van der Waals surface area (Å²) in [6, 6.07) is 3.30. The van der Waals surface area contributed by atoms with Gasteiger partial charge in [0, 0.05) is 11.9 Å². The summed E-state index contributed by atoms with van der Waals surface area (Å²) in [5, 5.41) is 3.54. The molecule has 4 rings (SSSR count). The van der Waals surface area contributed by atoms with Gasteiger partial charge in [0.15, 0.2) is 0 Å². The monoisotopic (exact) mass is 357 g/mol. The van der Waals surface area contributed by atoms with E-state index in [9.17, 15) is 9.59 Å². The molecule has 0 aliphatic carbocycles. The first-order valence-electron chi connectivity index (χ1n) is 8.39. The van der Waals surface area contributed by atoms with Crippen LogP contribution < -0.4 is 20.7 Å². The SMILES string of the molecule is CC(C)Oc1cc2c(N3C[C@@H]4OC(=O)N[C@@H]4C3)ncnc2cc1C(N)=O. The first-order valence-corrected chi connectivity index (χ1v) is 8.39. The average molecular weight is 357 g/mol. The number of primary amides is 1. The molecule has 3 heterocycles. The zero-order valence-corrected chi connectivity index (χ0v) is 14.4. The normalized spacial score (nSPS) is 21.7. The summed E-state index contributed by atoms with van der Waals surface area (Å²) < 4.78 is 11.0. The molecule has 3 N–H and O–H groups in total. The molecule has 1 aromatic heterocycles. The van der Waals surface area contributed by atoms with E-state index in [4.69, 9.17) is 15.2 Å². The van der Waals surface area contributed by atoms with Gasteiger partial charge in [-0.2, -0.15) is 0 Å². The van der Waals surface area contributed by atoms with Crippen molar-refractivity contribution in [3.8, 4) is 5.75 Å². The van der Waals surface area contributed by atoms with E-state index in [1.807, 2.05) is 18.7 Å². The van der Waals surface area contributed by atoms with Crippen molar-refractivity contribution in [2.75, 3.05) is 18.0 Å². The summed E-state index contributed by atoms with van der Waals surface area (Å²) in [5.74, 6) is 0.529. The Hall–Kier alpha value is -3.10. The van der Waals surface area contributed by atoms with Crippen molar-refractivity contribution in [3.05, 3.63) is 24.0 Å². The number of hydrogen-bond donors (Lipinski definition) is 2. The summed E-state index contributed by atoms with van der Waals surface area (Å²) >= 11 is 0. The van der Waals surface area contributed by atoms with E-state index in [2.05, 4.69) is 15.3 Å². The fourth-order valence-electron chi connectivity index (χ4n) is 3.39. The lowest BCUT2D eigenvalue weighted by atomic mass is 10.1. The highest BCUT2D eigenvalue weighted by Gasteiger charge is 2.42. The van der Waals surface area contributed by atoms with Gasteiger partial charge in [-0.15, -0.1) is 0 Å². The number of ether oxygens (including phenoxy) is 2. The van der Waals surface area contributed by atoms with Gasteiger partial charge < -0.3 is 25.4 Å². The molecule has 2 amide bonds. The number of carbonyl (C=O) groups excluding carboxylic acids is 2. The molecule has 2 aliphatic rings. The van der Waals surface area contributed by atoms with E-state index in [1.54, 1.807) is 12.1 Å². The van der Waals surface area contributed by atoms with Crippen molar-refractivity contribution in [1.82, 2.24) is 15.3 Å². The number of nitrogens with two attached hydrogens (primary N) is 1. The van der Waals surface area contributed by atoms with E-state index < -0.39 is 5.91 Å². The molecule has 136 valence electrons. The van der Waals surface area contributed by atoms with Crippen molar-refractivity contribution in [2.24, 2.45) is 5.73 Å². The fourth-order valence-corrected chi connectivity index (χ4v) is 3.39. The average Bonchev–Trinajstić information content (AvgIpc) is 3.10. The molecule has 0 bridgehead atoms. The van der Waals surface area contributed by atoms with E-state index in [-0.39, 0.29) is 29.9 Å². The van der Waals surface area contributed by atoms with Gasteiger partial charge in [0.2, 0.25) is 0 Å². The van der Waals surface area contributed by atoms with Gasteiger partial charge in [0.1, 0.15) is 24.0 Å². The standard InChI is InChI=1S/C17H19N5O4/c1-8(2)25-13-4-9-11(3-10(13)15(18)23)19-7-20-16(9)22-5-12-14(6-22)26-17(24)21-12/h3-4,7-8,12,14H,5-6H2,1-2H3,(H2,18,23)(H,21,24)/t12-,14+/m1/s1. The number of amides is 2. The second-order valence-corrected chi connectivity index (χ2v) is 6.69. The molecule has 2 atom stereocenters. The van der Waals surface area contributed by atoms with E-state index in [1.165, 1.54) is 6.33 Å². The molecule has 2 saturated heterocycles. The number of benzene rings is 1. The van der Waals surface area contributed by atoms with Gasteiger partial charge in [0.05, 0.1) is 29.8 Å². The summed E-state index contributed by atoms with van der Waals surface area (Å²) in [5.41, 5.74) is 6.37. The third kappa shape index (κ3) is 2.75. The minimum absolute atomic E-state index is 0.0659. The van der Waals surface area contributed by atoms with Gasteiger partial charge in [-0.1, -0.05) is 0 Å². The third-order valence-electron chi connectivity index (χ3n) is 4.47. The number of alkyl carbamates (subject to hydrolysis) is 1. The first kappa shape index (κ1) is 16.4. The van der Waals surface area contributed by atoms with E-state index >= 15 is 0 Å². The van der Waals surface area contributed by atoms with Crippen LogP contribution in [0, 0.1) is 0 Å². The fraction of sp³-hybridized carbons (Fsp3) is 0.412. The maximum atomic E-state index is 11.8. The summed E-state index contributed by atoms with van der Waals surface area (Å²) in [4.78, 5) is 33.8. The molecular weight excluding hydrogens is 338 g/mol. The second-order valence-electron chi connectivity index (χ2n) is 6.69. The number of rotatable bonds is 4. The smallest absolute Gasteiger partial charge is 0.407 e. The lowest BCUT2D eigenvalue weighted by Crippen LogP contribution is -2.32. The number of nitrogens with zero attached hydrogens (tertiary/aromatic N) is 3. The minimum atomic E-state index is -0.575. The Morgan fingerprint density at radius 1 is 1.38 bits per heavy atom. The van der Waals surface area contributed by atoms with Crippen molar-refractivity contribution < 1.29 is 19.1 Å². The Morgan fingerprint density at radius 2 is 2.19 bits per heavy atom. The van der Waals surface area contributed by atoms with Crippen LogP contribution in [0.2, 0.25) is 0 Å². The largest absolute Gasteiger partial charge is 0.490 e. The van der Waals surface area contributed by atoms with Crippen LogP contribution in [0.1, 0.15) is 24.2 Å². The van der Waals surface area contributed by atoms with Crippen LogP contribution in [-0.4, -0.2) is 53.3 Å². The second kappa shape index (κ2) is 6.01. The van der Waals surface area contributed by atoms with Gasteiger partial charge >= 0.3 is 6.09 Å². The van der Waals surface area contributed by atoms with Crippen LogP contribution >= 0.6 is 0 Å². The number of carbonyl (C=O) groups is 2.